The lowest BCUT2D eigenvalue weighted by atomic mass is 10.0. The quantitative estimate of drug-likeness (QED) is 0.0265. The number of rotatable bonds is 44. The number of unbranched alkanes of at least 4 members (excludes halogenated alkanes) is 29. The molecular weight excluding hydrogens is 697 g/mol. The van der Waals surface area contributed by atoms with Gasteiger partial charge in [0, 0.05) is 19.3 Å². The highest BCUT2D eigenvalue weighted by molar-refractivity contribution is 5.71. The van der Waals surface area contributed by atoms with Crippen molar-refractivity contribution in [1.82, 2.24) is 0 Å². The van der Waals surface area contributed by atoms with Crippen LogP contribution in [0.25, 0.3) is 0 Å². The maximum Gasteiger partial charge on any atom is 0.306 e. The average molecular weight is 789 g/mol. The fourth-order valence-electron chi connectivity index (χ4n) is 7.00. The van der Waals surface area contributed by atoms with Crippen LogP contribution in [0.1, 0.15) is 258 Å². The molecule has 0 aliphatic carbocycles. The number of hydrogen-bond donors (Lipinski definition) is 0. The topological polar surface area (TPSA) is 78.9 Å². The van der Waals surface area contributed by atoms with Crippen molar-refractivity contribution in [2.24, 2.45) is 0 Å². The molecule has 0 aromatic rings. The molecule has 6 heteroatoms. The van der Waals surface area contributed by atoms with Crippen LogP contribution in [-0.2, 0) is 28.6 Å². The number of ether oxygens (including phenoxy) is 3. The summed E-state index contributed by atoms with van der Waals surface area (Å²) in [5, 5.41) is 0. The maximum atomic E-state index is 12.5. The molecule has 0 rings (SSSR count). The molecule has 0 spiro atoms. The third kappa shape index (κ3) is 43.0. The number of carbonyl (C=O) groups excluding carboxylic acids is 3. The Bertz CT molecular complexity index is 911. The average Bonchev–Trinajstić information content (AvgIpc) is 3.19. The van der Waals surface area contributed by atoms with Gasteiger partial charge in [0.1, 0.15) is 13.2 Å². The van der Waals surface area contributed by atoms with Gasteiger partial charge in [-0.25, -0.2) is 0 Å². The third-order valence-electron chi connectivity index (χ3n) is 10.7. The van der Waals surface area contributed by atoms with Crippen LogP contribution in [0, 0.1) is 0 Å². The summed E-state index contributed by atoms with van der Waals surface area (Å²) in [6.45, 7) is 6.49. The van der Waals surface area contributed by atoms with Gasteiger partial charge in [0.15, 0.2) is 6.10 Å². The van der Waals surface area contributed by atoms with Crippen LogP contribution < -0.4 is 0 Å². The molecule has 0 aliphatic heterocycles. The van der Waals surface area contributed by atoms with Crippen molar-refractivity contribution in [2.75, 3.05) is 13.2 Å². The van der Waals surface area contributed by atoms with Crippen molar-refractivity contribution >= 4 is 17.9 Å². The predicted molar refractivity (Wildman–Crippen MR) is 238 cm³/mol. The zero-order chi connectivity index (χ0) is 40.8. The Morgan fingerprint density at radius 3 is 0.982 bits per heavy atom. The summed E-state index contributed by atoms with van der Waals surface area (Å²) >= 11 is 0. The Hall–Kier alpha value is -2.11. The molecule has 0 amide bonds. The SMILES string of the molecule is CCCCCCC/C=C\C/C=C\CCCCCCCCCCCCCCCCCC(=O)OCC(COC(=O)CCCCCCC)OC(=O)CCCCCCCC. The lowest BCUT2D eigenvalue weighted by molar-refractivity contribution is -0.167. The molecule has 0 fully saturated rings. The van der Waals surface area contributed by atoms with Gasteiger partial charge in [0.2, 0.25) is 0 Å². The van der Waals surface area contributed by atoms with Crippen molar-refractivity contribution in [3.63, 3.8) is 0 Å². The van der Waals surface area contributed by atoms with Crippen molar-refractivity contribution in [3.05, 3.63) is 24.3 Å². The highest BCUT2D eigenvalue weighted by atomic mass is 16.6. The van der Waals surface area contributed by atoms with Crippen LogP contribution >= 0.6 is 0 Å². The number of allylic oxidation sites excluding steroid dienone is 4. The van der Waals surface area contributed by atoms with Gasteiger partial charge in [0.25, 0.3) is 0 Å². The van der Waals surface area contributed by atoms with Gasteiger partial charge in [-0.1, -0.05) is 212 Å². The molecule has 0 N–H and O–H groups in total. The van der Waals surface area contributed by atoms with Crippen LogP contribution in [0.2, 0.25) is 0 Å². The van der Waals surface area contributed by atoms with Gasteiger partial charge < -0.3 is 14.2 Å². The van der Waals surface area contributed by atoms with Gasteiger partial charge in [-0.05, 0) is 51.4 Å². The molecule has 6 nitrogen and oxygen atoms in total. The first kappa shape index (κ1) is 53.9. The molecule has 0 saturated heterocycles. The number of carbonyl (C=O) groups is 3. The smallest absolute Gasteiger partial charge is 0.306 e. The van der Waals surface area contributed by atoms with Crippen LogP contribution in [0.5, 0.6) is 0 Å². The molecule has 56 heavy (non-hydrogen) atoms. The Balaban J connectivity index is 3.85. The van der Waals surface area contributed by atoms with E-state index in [0.29, 0.717) is 19.3 Å². The van der Waals surface area contributed by atoms with E-state index in [4.69, 9.17) is 14.2 Å². The molecule has 1 atom stereocenters. The van der Waals surface area contributed by atoms with Crippen LogP contribution in [0.4, 0.5) is 0 Å². The Labute approximate surface area is 347 Å². The fourth-order valence-corrected chi connectivity index (χ4v) is 7.00. The molecule has 0 aliphatic rings. The predicted octanol–water partition coefficient (Wildman–Crippen LogP) is 15.6. The van der Waals surface area contributed by atoms with E-state index in [0.717, 1.165) is 70.6 Å². The minimum Gasteiger partial charge on any atom is -0.462 e. The van der Waals surface area contributed by atoms with E-state index in [1.165, 1.54) is 148 Å². The van der Waals surface area contributed by atoms with Gasteiger partial charge >= 0.3 is 17.9 Å². The molecule has 0 aromatic carbocycles. The number of hydrogen-bond acceptors (Lipinski definition) is 6. The minimum atomic E-state index is -0.759. The first-order valence-corrected chi connectivity index (χ1v) is 24.3. The van der Waals surface area contributed by atoms with Crippen molar-refractivity contribution < 1.29 is 28.6 Å². The van der Waals surface area contributed by atoms with Crippen LogP contribution in [0.15, 0.2) is 24.3 Å². The second-order valence-electron chi connectivity index (χ2n) is 16.4. The summed E-state index contributed by atoms with van der Waals surface area (Å²) < 4.78 is 16.5. The standard InChI is InChI=1S/C50H92O6/c1-4-7-10-13-15-16-17-18-19-20-21-22-23-24-25-26-27-28-29-30-31-32-33-34-35-38-40-43-49(52)55-46-47(45-54-48(51)42-39-36-12-9-6-3)56-50(53)44-41-37-14-11-8-5-2/h17-18,20-21,47H,4-16,19,22-46H2,1-3H3/b18-17-,21-20-. The van der Waals surface area contributed by atoms with Gasteiger partial charge in [0.05, 0.1) is 0 Å². The van der Waals surface area contributed by atoms with Crippen LogP contribution in [0.3, 0.4) is 0 Å². The fraction of sp³-hybridized carbons (Fsp3) is 0.860. The number of esters is 3. The van der Waals surface area contributed by atoms with E-state index in [1.807, 2.05) is 0 Å². The van der Waals surface area contributed by atoms with E-state index < -0.39 is 6.10 Å². The molecule has 0 saturated carbocycles. The summed E-state index contributed by atoms with van der Waals surface area (Å²) in [6.07, 6.45) is 51.0. The molecule has 328 valence electrons. The summed E-state index contributed by atoms with van der Waals surface area (Å²) in [5.41, 5.74) is 0. The van der Waals surface area contributed by atoms with E-state index in [-0.39, 0.29) is 31.1 Å². The second kappa shape index (κ2) is 45.6. The Morgan fingerprint density at radius 2 is 0.643 bits per heavy atom. The Morgan fingerprint density at radius 1 is 0.357 bits per heavy atom. The second-order valence-corrected chi connectivity index (χ2v) is 16.4. The van der Waals surface area contributed by atoms with Gasteiger partial charge in [-0.3, -0.25) is 14.4 Å². The summed E-state index contributed by atoms with van der Waals surface area (Å²) in [6, 6.07) is 0. The Kier molecular flexibility index (Phi) is 43.9. The molecule has 0 heterocycles. The first-order valence-electron chi connectivity index (χ1n) is 24.3. The molecule has 0 aromatic heterocycles. The summed E-state index contributed by atoms with van der Waals surface area (Å²) in [4.78, 5) is 37.2. The van der Waals surface area contributed by atoms with Crippen molar-refractivity contribution in [2.45, 2.75) is 264 Å². The van der Waals surface area contributed by atoms with E-state index in [1.54, 1.807) is 0 Å². The highest BCUT2D eigenvalue weighted by Gasteiger charge is 2.19. The first-order chi connectivity index (χ1) is 27.5. The molecule has 1 unspecified atom stereocenters. The lowest BCUT2D eigenvalue weighted by Gasteiger charge is -2.18. The van der Waals surface area contributed by atoms with Gasteiger partial charge in [-0.15, -0.1) is 0 Å². The monoisotopic (exact) mass is 789 g/mol. The zero-order valence-corrected chi connectivity index (χ0v) is 37.4. The van der Waals surface area contributed by atoms with E-state index in [2.05, 4.69) is 45.1 Å². The summed E-state index contributed by atoms with van der Waals surface area (Å²) in [5.74, 6) is -0.888. The minimum absolute atomic E-state index is 0.0690. The summed E-state index contributed by atoms with van der Waals surface area (Å²) in [7, 11) is 0. The van der Waals surface area contributed by atoms with E-state index >= 15 is 0 Å². The maximum absolute atomic E-state index is 12.5. The van der Waals surface area contributed by atoms with E-state index in [9.17, 15) is 14.4 Å². The molecular formula is C50H92O6. The lowest BCUT2D eigenvalue weighted by Crippen LogP contribution is -2.30. The third-order valence-corrected chi connectivity index (χ3v) is 10.7. The normalized spacial score (nSPS) is 12.1. The van der Waals surface area contributed by atoms with Crippen LogP contribution in [-0.4, -0.2) is 37.2 Å². The zero-order valence-electron chi connectivity index (χ0n) is 37.4. The van der Waals surface area contributed by atoms with Crippen molar-refractivity contribution in [1.29, 1.82) is 0 Å². The van der Waals surface area contributed by atoms with Crippen molar-refractivity contribution in [3.8, 4) is 0 Å². The molecule has 0 bridgehead atoms. The largest absolute Gasteiger partial charge is 0.462 e. The van der Waals surface area contributed by atoms with Gasteiger partial charge in [-0.2, -0.15) is 0 Å². The molecule has 0 radical (unpaired) electrons. The highest BCUT2D eigenvalue weighted by Crippen LogP contribution is 2.15.